The van der Waals surface area contributed by atoms with Gasteiger partial charge in [-0.2, -0.15) is 0 Å². The van der Waals surface area contributed by atoms with Crippen molar-refractivity contribution in [2.45, 2.75) is 13.0 Å². The normalized spacial score (nSPS) is 16.1. The van der Waals surface area contributed by atoms with Gasteiger partial charge in [0.15, 0.2) is 0 Å². The van der Waals surface area contributed by atoms with Gasteiger partial charge in [-0.25, -0.2) is 4.79 Å². The van der Waals surface area contributed by atoms with Gasteiger partial charge < -0.3 is 25.4 Å². The largest absolute Gasteiger partial charge is 0.497 e. The first-order valence-electron chi connectivity index (χ1n) is 8.50. The molecule has 2 aromatic carbocycles. The zero-order chi connectivity index (χ0) is 20.3. The van der Waals surface area contributed by atoms with Crippen molar-refractivity contribution in [3.05, 3.63) is 64.3 Å². The predicted molar refractivity (Wildman–Crippen MR) is 107 cm³/mol. The van der Waals surface area contributed by atoms with Crippen molar-refractivity contribution in [1.29, 1.82) is 0 Å². The van der Waals surface area contributed by atoms with Gasteiger partial charge in [0.2, 0.25) is 0 Å². The molecular formula is C20H20ClN3O4. The van der Waals surface area contributed by atoms with E-state index < -0.39 is 12.1 Å². The SMILES string of the molecule is COc1ccc(OC)c(C2NC(=O)NC(C)=C2C(=O)Nc2cccc(Cl)c2)c1. The Morgan fingerprint density at radius 1 is 1.14 bits per heavy atom. The van der Waals surface area contributed by atoms with Crippen molar-refractivity contribution in [3.63, 3.8) is 0 Å². The minimum absolute atomic E-state index is 0.353. The van der Waals surface area contributed by atoms with Crippen LogP contribution in [0.5, 0.6) is 11.5 Å². The monoisotopic (exact) mass is 401 g/mol. The molecule has 8 heteroatoms. The number of amides is 3. The van der Waals surface area contributed by atoms with E-state index in [1.165, 1.54) is 7.11 Å². The first kappa shape index (κ1) is 19.6. The van der Waals surface area contributed by atoms with Gasteiger partial charge in [0.25, 0.3) is 5.91 Å². The van der Waals surface area contributed by atoms with E-state index in [2.05, 4.69) is 16.0 Å². The molecule has 0 radical (unpaired) electrons. The summed E-state index contributed by atoms with van der Waals surface area (Å²) in [5, 5.41) is 8.75. The summed E-state index contributed by atoms with van der Waals surface area (Å²) in [5.74, 6) is 0.729. The number of halogens is 1. The Kier molecular flexibility index (Phi) is 5.75. The van der Waals surface area contributed by atoms with E-state index in [-0.39, 0.29) is 5.91 Å². The molecule has 1 heterocycles. The predicted octanol–water partition coefficient (Wildman–Crippen LogP) is 3.62. The van der Waals surface area contributed by atoms with Crippen LogP contribution in [0.4, 0.5) is 10.5 Å². The third-order valence-corrected chi connectivity index (χ3v) is 4.58. The highest BCUT2D eigenvalue weighted by Crippen LogP contribution is 2.36. The van der Waals surface area contributed by atoms with Crippen LogP contribution in [-0.4, -0.2) is 26.2 Å². The highest BCUT2D eigenvalue weighted by molar-refractivity contribution is 6.31. The number of nitrogens with one attached hydrogen (secondary N) is 3. The van der Waals surface area contributed by atoms with Crippen LogP contribution in [0.3, 0.4) is 0 Å². The molecule has 3 amide bonds. The fourth-order valence-corrected chi connectivity index (χ4v) is 3.25. The quantitative estimate of drug-likeness (QED) is 0.713. The Labute approximate surface area is 167 Å². The standard InChI is InChI=1S/C20H20ClN3O4/c1-11-17(19(25)23-13-6-4-5-12(21)9-13)18(24-20(26)22-11)15-10-14(27-2)7-8-16(15)28-3/h4-10,18H,1-3H3,(H,23,25)(H2,22,24,26). The first-order valence-corrected chi connectivity index (χ1v) is 8.88. The van der Waals surface area contributed by atoms with Crippen molar-refractivity contribution in [3.8, 4) is 11.5 Å². The molecule has 0 spiro atoms. The molecule has 146 valence electrons. The van der Waals surface area contributed by atoms with Crippen molar-refractivity contribution in [2.75, 3.05) is 19.5 Å². The molecule has 0 saturated heterocycles. The average molecular weight is 402 g/mol. The third kappa shape index (κ3) is 4.04. The maximum Gasteiger partial charge on any atom is 0.319 e. The van der Waals surface area contributed by atoms with Crippen molar-refractivity contribution in [2.24, 2.45) is 0 Å². The van der Waals surface area contributed by atoms with Gasteiger partial charge in [0.05, 0.1) is 25.8 Å². The van der Waals surface area contributed by atoms with E-state index in [4.69, 9.17) is 21.1 Å². The number of benzene rings is 2. The van der Waals surface area contributed by atoms with Crippen LogP contribution in [-0.2, 0) is 4.79 Å². The van der Waals surface area contributed by atoms with Crippen LogP contribution in [0, 0.1) is 0 Å². The Morgan fingerprint density at radius 3 is 2.61 bits per heavy atom. The first-order chi connectivity index (χ1) is 13.4. The molecule has 0 saturated carbocycles. The van der Waals surface area contributed by atoms with Gasteiger partial charge in [-0.15, -0.1) is 0 Å². The van der Waals surface area contributed by atoms with E-state index in [1.807, 2.05) is 0 Å². The lowest BCUT2D eigenvalue weighted by Gasteiger charge is -2.29. The topological polar surface area (TPSA) is 88.7 Å². The lowest BCUT2D eigenvalue weighted by molar-refractivity contribution is -0.113. The molecule has 2 aromatic rings. The van der Waals surface area contributed by atoms with Gasteiger partial charge in [0.1, 0.15) is 11.5 Å². The zero-order valence-corrected chi connectivity index (χ0v) is 16.4. The number of carbonyl (C=O) groups excluding carboxylic acids is 2. The molecule has 0 fully saturated rings. The summed E-state index contributed by atoms with van der Waals surface area (Å²) in [6.45, 7) is 1.67. The van der Waals surface area contributed by atoms with E-state index in [0.29, 0.717) is 39.0 Å². The number of methoxy groups -OCH3 is 2. The van der Waals surface area contributed by atoms with E-state index in [0.717, 1.165) is 0 Å². The van der Waals surface area contributed by atoms with Crippen LogP contribution in [0.2, 0.25) is 5.02 Å². The summed E-state index contributed by atoms with van der Waals surface area (Å²) in [6, 6.07) is 10.9. The minimum Gasteiger partial charge on any atom is -0.497 e. The number of rotatable bonds is 5. The molecule has 0 aliphatic carbocycles. The highest BCUT2D eigenvalue weighted by atomic mass is 35.5. The van der Waals surface area contributed by atoms with Crippen LogP contribution in [0.25, 0.3) is 0 Å². The van der Waals surface area contributed by atoms with E-state index in [9.17, 15) is 9.59 Å². The average Bonchev–Trinajstić information content (AvgIpc) is 2.66. The molecule has 1 aliphatic rings. The summed E-state index contributed by atoms with van der Waals surface area (Å²) < 4.78 is 10.7. The Morgan fingerprint density at radius 2 is 1.93 bits per heavy atom. The lowest BCUT2D eigenvalue weighted by Crippen LogP contribution is -2.46. The second-order valence-electron chi connectivity index (χ2n) is 6.14. The molecule has 0 bridgehead atoms. The van der Waals surface area contributed by atoms with E-state index >= 15 is 0 Å². The second-order valence-corrected chi connectivity index (χ2v) is 6.58. The fraction of sp³-hybridized carbons (Fsp3) is 0.200. The summed E-state index contributed by atoms with van der Waals surface area (Å²) in [4.78, 5) is 25.2. The van der Waals surface area contributed by atoms with Crippen LogP contribution in [0.1, 0.15) is 18.5 Å². The number of urea groups is 1. The molecule has 3 N–H and O–H groups in total. The van der Waals surface area contributed by atoms with Gasteiger partial charge in [-0.1, -0.05) is 17.7 Å². The molecule has 1 unspecified atom stereocenters. The van der Waals surface area contributed by atoms with Gasteiger partial charge in [0, 0.05) is 22.0 Å². The maximum atomic E-state index is 13.1. The number of carbonyl (C=O) groups is 2. The Bertz CT molecular complexity index is 958. The number of ether oxygens (including phenoxy) is 2. The molecule has 1 aliphatic heterocycles. The van der Waals surface area contributed by atoms with Crippen molar-refractivity contribution >= 4 is 29.2 Å². The van der Waals surface area contributed by atoms with Crippen LogP contribution < -0.4 is 25.4 Å². The summed E-state index contributed by atoms with van der Waals surface area (Å²) in [7, 11) is 3.07. The maximum absolute atomic E-state index is 13.1. The zero-order valence-electron chi connectivity index (χ0n) is 15.6. The number of anilines is 1. The van der Waals surface area contributed by atoms with E-state index in [1.54, 1.807) is 56.5 Å². The molecular weight excluding hydrogens is 382 g/mol. The summed E-state index contributed by atoms with van der Waals surface area (Å²) in [6.07, 6.45) is 0. The summed E-state index contributed by atoms with van der Waals surface area (Å²) in [5.41, 5.74) is 1.95. The number of hydrogen-bond donors (Lipinski definition) is 3. The molecule has 28 heavy (non-hydrogen) atoms. The van der Waals surface area contributed by atoms with Crippen molar-refractivity contribution < 1.29 is 19.1 Å². The lowest BCUT2D eigenvalue weighted by atomic mass is 9.93. The Balaban J connectivity index is 2.03. The fourth-order valence-electron chi connectivity index (χ4n) is 3.06. The third-order valence-electron chi connectivity index (χ3n) is 4.34. The molecule has 0 aromatic heterocycles. The highest BCUT2D eigenvalue weighted by Gasteiger charge is 2.33. The van der Waals surface area contributed by atoms with Crippen molar-refractivity contribution in [1.82, 2.24) is 10.6 Å². The molecule has 3 rings (SSSR count). The number of hydrogen-bond acceptors (Lipinski definition) is 4. The van der Waals surface area contributed by atoms with Gasteiger partial charge in [-0.3, -0.25) is 4.79 Å². The van der Waals surface area contributed by atoms with Crippen LogP contribution >= 0.6 is 11.6 Å². The smallest absolute Gasteiger partial charge is 0.319 e. The summed E-state index contributed by atoms with van der Waals surface area (Å²) >= 11 is 6.00. The minimum atomic E-state index is -0.724. The van der Waals surface area contributed by atoms with Gasteiger partial charge in [-0.05, 0) is 43.3 Å². The van der Waals surface area contributed by atoms with Crippen LogP contribution in [0.15, 0.2) is 53.7 Å². The number of allylic oxidation sites excluding steroid dienone is 1. The second kappa shape index (κ2) is 8.22. The Hall–Kier alpha value is -3.19. The van der Waals surface area contributed by atoms with Gasteiger partial charge >= 0.3 is 6.03 Å². The molecule has 7 nitrogen and oxygen atoms in total. The molecule has 1 atom stereocenters.